The Hall–Kier alpha value is -1.26. The number of piperidine rings is 1. The van der Waals surface area contributed by atoms with Crippen LogP contribution in [0.1, 0.15) is 24.8 Å². The van der Waals surface area contributed by atoms with Crippen molar-refractivity contribution >= 4 is 17.9 Å². The van der Waals surface area contributed by atoms with Gasteiger partial charge < -0.3 is 14.3 Å². The zero-order valence-electron chi connectivity index (χ0n) is 12.0. The minimum atomic E-state index is 0.162. The fourth-order valence-corrected chi connectivity index (χ4v) is 3.27. The van der Waals surface area contributed by atoms with Crippen molar-refractivity contribution in [3.63, 3.8) is 0 Å². The highest BCUT2D eigenvalue weighted by Gasteiger charge is 2.21. The minimum Gasteiger partial charge on any atom is -0.489 e. The largest absolute Gasteiger partial charge is 0.489 e. The van der Waals surface area contributed by atoms with E-state index in [1.54, 1.807) is 0 Å². The van der Waals surface area contributed by atoms with Gasteiger partial charge in [0.15, 0.2) is 11.5 Å². The summed E-state index contributed by atoms with van der Waals surface area (Å²) in [5, 5.41) is 0.605. The van der Waals surface area contributed by atoms with Crippen molar-refractivity contribution in [3.05, 3.63) is 22.7 Å². The second kappa shape index (κ2) is 6.67. The number of halogens is 1. The van der Waals surface area contributed by atoms with Crippen molar-refractivity contribution in [2.75, 3.05) is 26.3 Å². The molecule has 2 aliphatic heterocycles. The number of fused-ring (bicyclic) bond motifs is 1. The molecule has 0 spiro atoms. The molecule has 5 heteroatoms. The Labute approximate surface area is 130 Å². The van der Waals surface area contributed by atoms with Crippen molar-refractivity contribution in [1.29, 1.82) is 0 Å². The highest BCUT2D eigenvalue weighted by atomic mass is 35.5. The number of benzene rings is 1. The van der Waals surface area contributed by atoms with Gasteiger partial charge in [0.2, 0.25) is 0 Å². The zero-order chi connectivity index (χ0) is 14.7. The highest BCUT2D eigenvalue weighted by Crippen LogP contribution is 2.38. The van der Waals surface area contributed by atoms with E-state index in [1.807, 2.05) is 12.1 Å². The molecule has 0 N–H and O–H groups in total. The summed E-state index contributed by atoms with van der Waals surface area (Å²) in [4.78, 5) is 13.3. The molecule has 114 valence electrons. The lowest BCUT2D eigenvalue weighted by Crippen LogP contribution is -2.35. The number of nitrogens with zero attached hydrogens (tertiary/aromatic N) is 1. The molecular weight excluding hydrogens is 290 g/mol. The lowest BCUT2D eigenvalue weighted by Gasteiger charge is -2.30. The Kier molecular flexibility index (Phi) is 4.66. The van der Waals surface area contributed by atoms with Crippen LogP contribution in [0.25, 0.3) is 0 Å². The molecule has 4 nitrogen and oxygen atoms in total. The number of rotatable bonds is 3. The van der Waals surface area contributed by atoms with Gasteiger partial charge in [0.05, 0.1) is 18.2 Å². The van der Waals surface area contributed by atoms with Gasteiger partial charge in [-0.15, -0.1) is 0 Å². The molecule has 2 heterocycles. The number of likely N-dealkylation sites (tertiary alicyclic amines) is 1. The molecule has 0 radical (unpaired) electrons. The van der Waals surface area contributed by atoms with Crippen molar-refractivity contribution in [2.45, 2.75) is 25.8 Å². The fraction of sp³-hybridized carbons (Fsp3) is 0.562. The van der Waals surface area contributed by atoms with Crippen LogP contribution in [0, 0.1) is 5.92 Å². The third kappa shape index (κ3) is 3.50. The molecule has 2 aliphatic rings. The number of ether oxygens (including phenoxy) is 2. The Morgan fingerprint density at radius 2 is 2.14 bits per heavy atom. The predicted octanol–water partition coefficient (Wildman–Crippen LogP) is 2.91. The highest BCUT2D eigenvalue weighted by molar-refractivity contribution is 6.32. The smallest absolute Gasteiger partial charge is 0.179 e. The van der Waals surface area contributed by atoms with E-state index in [0.29, 0.717) is 24.0 Å². The molecule has 0 bridgehead atoms. The van der Waals surface area contributed by atoms with Gasteiger partial charge in [-0.2, -0.15) is 0 Å². The number of carbonyl (C=O) groups is 1. The van der Waals surface area contributed by atoms with Gasteiger partial charge in [-0.25, -0.2) is 0 Å². The maximum Gasteiger partial charge on any atom is 0.179 e. The lowest BCUT2D eigenvalue weighted by atomic mass is 9.99. The van der Waals surface area contributed by atoms with E-state index in [9.17, 15) is 4.79 Å². The van der Waals surface area contributed by atoms with Crippen LogP contribution in [0.15, 0.2) is 12.1 Å². The van der Waals surface area contributed by atoms with Gasteiger partial charge in [-0.3, -0.25) is 4.90 Å². The first-order chi connectivity index (χ1) is 10.3. The zero-order valence-corrected chi connectivity index (χ0v) is 12.8. The first-order valence-electron chi connectivity index (χ1n) is 7.52. The van der Waals surface area contributed by atoms with E-state index >= 15 is 0 Å². The predicted molar refractivity (Wildman–Crippen MR) is 81.1 cm³/mol. The van der Waals surface area contributed by atoms with Crippen LogP contribution in [0.5, 0.6) is 11.5 Å². The van der Waals surface area contributed by atoms with Gasteiger partial charge in [0.25, 0.3) is 0 Å². The maximum atomic E-state index is 11.0. The summed E-state index contributed by atoms with van der Waals surface area (Å²) in [7, 11) is 0. The molecule has 1 aromatic rings. The van der Waals surface area contributed by atoms with Crippen LogP contribution in [-0.4, -0.2) is 37.5 Å². The van der Waals surface area contributed by atoms with E-state index in [1.165, 1.54) is 0 Å². The van der Waals surface area contributed by atoms with Gasteiger partial charge in [-0.1, -0.05) is 11.6 Å². The summed E-state index contributed by atoms with van der Waals surface area (Å²) in [5.41, 5.74) is 1.11. The fourth-order valence-electron chi connectivity index (χ4n) is 2.98. The third-order valence-electron chi connectivity index (χ3n) is 4.00. The Morgan fingerprint density at radius 1 is 1.29 bits per heavy atom. The Balaban J connectivity index is 1.75. The Morgan fingerprint density at radius 3 is 3.00 bits per heavy atom. The lowest BCUT2D eigenvalue weighted by molar-refractivity contribution is -0.112. The topological polar surface area (TPSA) is 38.8 Å². The average Bonchev–Trinajstić information content (AvgIpc) is 2.73. The van der Waals surface area contributed by atoms with Crippen LogP contribution in [0.4, 0.5) is 0 Å². The molecule has 1 unspecified atom stereocenters. The Bertz CT molecular complexity index is 520. The number of hydrogen-bond acceptors (Lipinski definition) is 4. The van der Waals surface area contributed by atoms with Crippen molar-refractivity contribution in [3.8, 4) is 11.5 Å². The number of hydrogen-bond donors (Lipinski definition) is 0. The summed E-state index contributed by atoms with van der Waals surface area (Å²) < 4.78 is 11.4. The molecule has 3 rings (SSSR count). The van der Waals surface area contributed by atoms with Gasteiger partial charge in [0.1, 0.15) is 6.29 Å². The van der Waals surface area contributed by atoms with Crippen LogP contribution in [0.2, 0.25) is 5.02 Å². The molecule has 0 amide bonds. The van der Waals surface area contributed by atoms with Gasteiger partial charge >= 0.3 is 0 Å². The maximum absolute atomic E-state index is 11.0. The second-order valence-corrected chi connectivity index (χ2v) is 6.14. The van der Waals surface area contributed by atoms with Gasteiger partial charge in [-0.05, 0) is 37.1 Å². The molecular formula is C16H20ClNO3. The molecule has 0 aliphatic carbocycles. The monoisotopic (exact) mass is 309 g/mol. The third-order valence-corrected chi connectivity index (χ3v) is 4.28. The standard InChI is InChI=1S/C16H20ClNO3/c17-14-7-13(8-15-16(14)21-6-2-5-20-15)10-18-4-1-3-12(9-18)11-19/h7-8,11-12H,1-6,9-10H2. The molecule has 0 saturated carbocycles. The molecule has 1 aromatic carbocycles. The van der Waals surface area contributed by atoms with E-state index in [2.05, 4.69) is 4.90 Å². The SMILES string of the molecule is O=CC1CCCN(Cc2cc(Cl)c3c(c2)OCCCO3)C1. The van der Waals surface area contributed by atoms with Crippen LogP contribution >= 0.6 is 11.6 Å². The van der Waals surface area contributed by atoms with E-state index in [-0.39, 0.29) is 5.92 Å². The molecule has 0 aromatic heterocycles. The quantitative estimate of drug-likeness (QED) is 0.805. The first kappa shape index (κ1) is 14.7. The van der Waals surface area contributed by atoms with Crippen LogP contribution < -0.4 is 9.47 Å². The summed E-state index contributed by atoms with van der Waals surface area (Å²) in [6.45, 7) is 3.94. The van der Waals surface area contributed by atoms with Crippen LogP contribution in [0.3, 0.4) is 0 Å². The average molecular weight is 310 g/mol. The van der Waals surface area contributed by atoms with E-state index in [0.717, 1.165) is 56.5 Å². The first-order valence-corrected chi connectivity index (χ1v) is 7.90. The van der Waals surface area contributed by atoms with E-state index < -0.39 is 0 Å². The van der Waals surface area contributed by atoms with Crippen molar-refractivity contribution in [2.24, 2.45) is 5.92 Å². The molecule has 21 heavy (non-hydrogen) atoms. The van der Waals surface area contributed by atoms with Crippen molar-refractivity contribution in [1.82, 2.24) is 4.90 Å². The van der Waals surface area contributed by atoms with Crippen molar-refractivity contribution < 1.29 is 14.3 Å². The molecule has 1 saturated heterocycles. The second-order valence-electron chi connectivity index (χ2n) is 5.73. The normalized spacial score (nSPS) is 22.6. The molecule has 1 fully saturated rings. The number of carbonyl (C=O) groups excluding carboxylic acids is 1. The molecule has 1 atom stereocenters. The minimum absolute atomic E-state index is 0.162. The summed E-state index contributed by atoms with van der Waals surface area (Å²) >= 11 is 6.31. The van der Waals surface area contributed by atoms with Crippen LogP contribution in [-0.2, 0) is 11.3 Å². The number of aldehydes is 1. The summed E-state index contributed by atoms with van der Waals surface area (Å²) in [5.74, 6) is 1.55. The summed E-state index contributed by atoms with van der Waals surface area (Å²) in [6, 6.07) is 3.96. The van der Waals surface area contributed by atoms with E-state index in [4.69, 9.17) is 21.1 Å². The summed E-state index contributed by atoms with van der Waals surface area (Å²) in [6.07, 6.45) is 4.02. The van der Waals surface area contributed by atoms with Gasteiger partial charge in [0, 0.05) is 25.4 Å².